The Morgan fingerprint density at radius 2 is 2.06 bits per heavy atom. The van der Waals surface area contributed by atoms with E-state index in [1.807, 2.05) is 12.3 Å². The predicted molar refractivity (Wildman–Crippen MR) is 67.0 cm³/mol. The number of aromatic nitrogens is 1. The van der Waals surface area contributed by atoms with Crippen LogP contribution >= 0.6 is 15.9 Å². The topological polar surface area (TPSA) is 48.1 Å². The van der Waals surface area contributed by atoms with Gasteiger partial charge in [-0.3, -0.25) is 4.98 Å². The Bertz CT molecular complexity index is 338. The molecular formula is C12H17BrN2O. The molecule has 0 spiro atoms. The van der Waals surface area contributed by atoms with Gasteiger partial charge in [-0.05, 0) is 53.2 Å². The van der Waals surface area contributed by atoms with Crippen LogP contribution in [-0.2, 0) is 11.3 Å². The van der Waals surface area contributed by atoms with Crippen LogP contribution in [-0.4, -0.2) is 17.1 Å². The molecule has 0 aromatic carbocycles. The first-order valence-corrected chi connectivity index (χ1v) is 6.50. The molecule has 1 aromatic rings. The fraction of sp³-hybridized carbons (Fsp3) is 0.583. The van der Waals surface area contributed by atoms with E-state index in [4.69, 9.17) is 10.5 Å². The fourth-order valence-corrected chi connectivity index (χ4v) is 2.42. The minimum Gasteiger partial charge on any atom is -0.373 e. The molecule has 88 valence electrons. The molecule has 1 aliphatic carbocycles. The van der Waals surface area contributed by atoms with Gasteiger partial charge in [0.25, 0.3) is 0 Å². The lowest BCUT2D eigenvalue weighted by molar-refractivity contribution is 0.0137. The van der Waals surface area contributed by atoms with Crippen LogP contribution in [0.3, 0.4) is 0 Å². The normalized spacial score (nSPS) is 25.6. The molecular weight excluding hydrogens is 268 g/mol. The Hall–Kier alpha value is -0.450. The monoisotopic (exact) mass is 284 g/mol. The van der Waals surface area contributed by atoms with Crippen molar-refractivity contribution in [1.29, 1.82) is 0 Å². The number of nitrogens with two attached hydrogens (primary N) is 1. The molecule has 2 rings (SSSR count). The standard InChI is InChI=1S/C12H17BrN2O/c13-10-5-9(6-15-7-10)8-16-12-3-1-11(14)2-4-12/h5-7,11-12H,1-4,8,14H2. The maximum Gasteiger partial charge on any atom is 0.0735 e. The maximum atomic E-state index is 5.86. The van der Waals surface area contributed by atoms with E-state index in [9.17, 15) is 0 Å². The van der Waals surface area contributed by atoms with Crippen molar-refractivity contribution in [3.05, 3.63) is 28.5 Å². The lowest BCUT2D eigenvalue weighted by atomic mass is 9.94. The Balaban J connectivity index is 1.79. The zero-order valence-corrected chi connectivity index (χ0v) is 10.8. The average molecular weight is 285 g/mol. The fourth-order valence-electron chi connectivity index (χ4n) is 2.00. The molecule has 0 atom stereocenters. The number of halogens is 1. The zero-order chi connectivity index (χ0) is 11.4. The lowest BCUT2D eigenvalue weighted by Gasteiger charge is -2.26. The number of hydrogen-bond donors (Lipinski definition) is 1. The summed E-state index contributed by atoms with van der Waals surface area (Å²) < 4.78 is 6.86. The number of nitrogens with zero attached hydrogens (tertiary/aromatic N) is 1. The van der Waals surface area contributed by atoms with Crippen molar-refractivity contribution in [2.24, 2.45) is 5.73 Å². The molecule has 1 heterocycles. The summed E-state index contributed by atoms with van der Waals surface area (Å²) >= 11 is 3.40. The number of hydrogen-bond acceptors (Lipinski definition) is 3. The molecule has 1 aromatic heterocycles. The van der Waals surface area contributed by atoms with Crippen molar-refractivity contribution < 1.29 is 4.74 Å². The van der Waals surface area contributed by atoms with Crippen molar-refractivity contribution in [3.63, 3.8) is 0 Å². The Morgan fingerprint density at radius 1 is 1.31 bits per heavy atom. The predicted octanol–water partition coefficient (Wildman–Crippen LogP) is 2.63. The van der Waals surface area contributed by atoms with Crippen LogP contribution in [0.5, 0.6) is 0 Å². The molecule has 0 aliphatic heterocycles. The summed E-state index contributed by atoms with van der Waals surface area (Å²) in [7, 11) is 0. The second kappa shape index (κ2) is 5.75. The average Bonchev–Trinajstić information content (AvgIpc) is 2.28. The highest BCUT2D eigenvalue weighted by Crippen LogP contribution is 2.21. The smallest absolute Gasteiger partial charge is 0.0735 e. The summed E-state index contributed by atoms with van der Waals surface area (Å²) in [5, 5.41) is 0. The maximum absolute atomic E-state index is 5.86. The first kappa shape index (κ1) is 12.0. The summed E-state index contributed by atoms with van der Waals surface area (Å²) in [6.07, 6.45) is 8.34. The quantitative estimate of drug-likeness (QED) is 0.928. The highest BCUT2D eigenvalue weighted by Gasteiger charge is 2.18. The number of rotatable bonds is 3. The Labute approximate surface area is 105 Å². The third-order valence-electron chi connectivity index (χ3n) is 2.97. The van der Waals surface area contributed by atoms with Gasteiger partial charge in [0.15, 0.2) is 0 Å². The molecule has 1 saturated carbocycles. The van der Waals surface area contributed by atoms with Gasteiger partial charge in [-0.15, -0.1) is 0 Å². The number of ether oxygens (including phenoxy) is 1. The Morgan fingerprint density at radius 3 is 2.75 bits per heavy atom. The van der Waals surface area contributed by atoms with Gasteiger partial charge in [0.05, 0.1) is 12.7 Å². The van der Waals surface area contributed by atoms with E-state index < -0.39 is 0 Å². The summed E-state index contributed by atoms with van der Waals surface area (Å²) in [6, 6.07) is 2.43. The van der Waals surface area contributed by atoms with Crippen molar-refractivity contribution in [2.45, 2.75) is 44.4 Å². The summed E-state index contributed by atoms with van der Waals surface area (Å²) in [5.74, 6) is 0. The molecule has 1 aliphatic rings. The SMILES string of the molecule is NC1CCC(OCc2cncc(Br)c2)CC1. The zero-order valence-electron chi connectivity index (χ0n) is 9.23. The van der Waals surface area contributed by atoms with Crippen LogP contribution in [0.4, 0.5) is 0 Å². The first-order valence-electron chi connectivity index (χ1n) is 5.70. The van der Waals surface area contributed by atoms with Gasteiger partial charge in [-0.25, -0.2) is 0 Å². The molecule has 2 N–H and O–H groups in total. The van der Waals surface area contributed by atoms with Crippen LogP contribution in [0.25, 0.3) is 0 Å². The van der Waals surface area contributed by atoms with E-state index in [2.05, 4.69) is 20.9 Å². The molecule has 0 amide bonds. The molecule has 4 heteroatoms. The van der Waals surface area contributed by atoms with Crippen molar-refractivity contribution in [2.75, 3.05) is 0 Å². The Kier molecular flexibility index (Phi) is 4.32. The second-order valence-corrected chi connectivity index (χ2v) is 5.27. The van der Waals surface area contributed by atoms with E-state index in [-0.39, 0.29) is 0 Å². The van der Waals surface area contributed by atoms with Gasteiger partial charge in [0, 0.05) is 22.9 Å². The highest BCUT2D eigenvalue weighted by atomic mass is 79.9. The molecule has 0 unspecified atom stereocenters. The second-order valence-electron chi connectivity index (χ2n) is 4.36. The van der Waals surface area contributed by atoms with E-state index in [0.29, 0.717) is 18.8 Å². The molecule has 0 radical (unpaired) electrons. The van der Waals surface area contributed by atoms with Gasteiger partial charge < -0.3 is 10.5 Å². The van der Waals surface area contributed by atoms with Crippen LogP contribution in [0.15, 0.2) is 22.9 Å². The third kappa shape index (κ3) is 3.54. The van der Waals surface area contributed by atoms with Gasteiger partial charge in [-0.2, -0.15) is 0 Å². The third-order valence-corrected chi connectivity index (χ3v) is 3.40. The molecule has 3 nitrogen and oxygen atoms in total. The van der Waals surface area contributed by atoms with Gasteiger partial charge in [-0.1, -0.05) is 0 Å². The summed E-state index contributed by atoms with van der Waals surface area (Å²) in [5.41, 5.74) is 6.97. The minimum atomic E-state index is 0.374. The molecule has 1 fully saturated rings. The van der Waals surface area contributed by atoms with E-state index >= 15 is 0 Å². The van der Waals surface area contributed by atoms with Gasteiger partial charge in [0.2, 0.25) is 0 Å². The van der Waals surface area contributed by atoms with E-state index in [1.54, 1.807) is 6.20 Å². The van der Waals surface area contributed by atoms with Crippen molar-refractivity contribution >= 4 is 15.9 Å². The van der Waals surface area contributed by atoms with Crippen molar-refractivity contribution in [3.8, 4) is 0 Å². The number of pyridine rings is 1. The summed E-state index contributed by atoms with van der Waals surface area (Å²) in [4.78, 5) is 4.11. The largest absolute Gasteiger partial charge is 0.373 e. The lowest BCUT2D eigenvalue weighted by Crippen LogP contribution is -2.30. The van der Waals surface area contributed by atoms with Crippen LogP contribution in [0, 0.1) is 0 Å². The van der Waals surface area contributed by atoms with E-state index in [0.717, 1.165) is 35.7 Å². The highest BCUT2D eigenvalue weighted by molar-refractivity contribution is 9.10. The van der Waals surface area contributed by atoms with Crippen LogP contribution in [0.2, 0.25) is 0 Å². The molecule has 16 heavy (non-hydrogen) atoms. The molecule has 0 bridgehead atoms. The molecule has 0 saturated heterocycles. The van der Waals surface area contributed by atoms with Crippen LogP contribution in [0.1, 0.15) is 31.2 Å². The van der Waals surface area contributed by atoms with Crippen LogP contribution < -0.4 is 5.73 Å². The van der Waals surface area contributed by atoms with Gasteiger partial charge in [0.1, 0.15) is 0 Å². The van der Waals surface area contributed by atoms with Gasteiger partial charge >= 0.3 is 0 Å². The van der Waals surface area contributed by atoms with Crippen molar-refractivity contribution in [1.82, 2.24) is 4.98 Å². The first-order chi connectivity index (χ1) is 7.74. The summed E-state index contributed by atoms with van der Waals surface area (Å²) in [6.45, 7) is 0.645. The van der Waals surface area contributed by atoms with E-state index in [1.165, 1.54) is 0 Å². The minimum absolute atomic E-state index is 0.374.